The van der Waals surface area contributed by atoms with E-state index in [-0.39, 0.29) is 16.6 Å². The highest BCUT2D eigenvalue weighted by Gasteiger charge is 2.27. The average Bonchev–Trinajstić information content (AvgIpc) is 2.84. The zero-order valence-corrected chi connectivity index (χ0v) is 22.4. The second-order valence-corrected chi connectivity index (χ2v) is 11.3. The topological polar surface area (TPSA) is 77.2 Å². The van der Waals surface area contributed by atoms with Crippen molar-refractivity contribution < 1.29 is 10.2 Å². The molecule has 37 heavy (non-hydrogen) atoms. The van der Waals surface area contributed by atoms with E-state index in [0.29, 0.717) is 17.1 Å². The molecule has 0 aliphatic rings. The summed E-state index contributed by atoms with van der Waals surface area (Å²) in [5, 5.41) is 28.2. The average molecular weight is 494 g/mol. The third-order valence-electron chi connectivity index (χ3n) is 6.31. The Balaban J connectivity index is 1.84. The number of fused-ring (bicyclic) bond motifs is 1. The van der Waals surface area contributed by atoms with E-state index in [9.17, 15) is 10.2 Å². The number of amidine groups is 1. The molecule has 0 aliphatic carbocycles. The Bertz CT molecular complexity index is 1440. The highest BCUT2D eigenvalue weighted by Crippen LogP contribution is 2.40. The quantitative estimate of drug-likeness (QED) is 0.156. The minimum Gasteiger partial charge on any atom is -0.507 e. The Morgan fingerprint density at radius 1 is 0.757 bits per heavy atom. The minimum atomic E-state index is -0.282. The molecule has 0 unspecified atom stereocenters. The molecular weight excluding hydrogens is 458 g/mol. The molecule has 0 bridgehead atoms. The van der Waals surface area contributed by atoms with Gasteiger partial charge in [-0.2, -0.15) is 5.10 Å². The first-order valence-corrected chi connectivity index (χ1v) is 12.5. The summed E-state index contributed by atoms with van der Waals surface area (Å²) < 4.78 is 0. The van der Waals surface area contributed by atoms with Gasteiger partial charge < -0.3 is 10.2 Å². The lowest BCUT2D eigenvalue weighted by molar-refractivity contribution is 0.423. The molecule has 5 heteroatoms. The number of hydrazone groups is 1. The Morgan fingerprint density at radius 2 is 1.35 bits per heavy atom. The molecule has 4 rings (SSSR count). The molecule has 0 atom stereocenters. The van der Waals surface area contributed by atoms with Crippen molar-refractivity contribution in [2.75, 3.05) is 0 Å². The van der Waals surface area contributed by atoms with Crippen molar-refractivity contribution in [3.63, 3.8) is 0 Å². The number of aromatic hydroxyl groups is 2. The highest BCUT2D eigenvalue weighted by molar-refractivity contribution is 6.04. The SMILES string of the molecule is CC(C)(C)c1cc(C(=Nc2ccccc2)NN=Cc2c(O)ccc3ccccc23)cc(C(C)(C)C)c1O. The molecule has 0 heterocycles. The molecule has 0 amide bonds. The molecule has 4 aromatic carbocycles. The van der Waals surface area contributed by atoms with E-state index in [1.54, 1.807) is 12.3 Å². The monoisotopic (exact) mass is 493 g/mol. The van der Waals surface area contributed by atoms with Crippen LogP contribution in [0.4, 0.5) is 5.69 Å². The molecule has 0 radical (unpaired) electrons. The fraction of sp³-hybridized carbons (Fsp3) is 0.250. The van der Waals surface area contributed by atoms with E-state index in [2.05, 4.69) is 52.1 Å². The van der Waals surface area contributed by atoms with Gasteiger partial charge in [-0.05, 0) is 51.9 Å². The number of phenolic OH excluding ortho intramolecular Hbond substituents is 2. The van der Waals surface area contributed by atoms with Crippen molar-refractivity contribution in [3.8, 4) is 11.5 Å². The second-order valence-electron chi connectivity index (χ2n) is 11.3. The third-order valence-corrected chi connectivity index (χ3v) is 6.31. The molecule has 0 spiro atoms. The van der Waals surface area contributed by atoms with Crippen LogP contribution in [0.15, 0.2) is 89.0 Å². The van der Waals surface area contributed by atoms with E-state index in [4.69, 9.17) is 4.99 Å². The van der Waals surface area contributed by atoms with Gasteiger partial charge in [-0.15, -0.1) is 0 Å². The number of para-hydroxylation sites is 1. The number of phenols is 2. The van der Waals surface area contributed by atoms with Gasteiger partial charge in [0.2, 0.25) is 0 Å². The third kappa shape index (κ3) is 5.83. The lowest BCUT2D eigenvalue weighted by Gasteiger charge is -2.28. The lowest BCUT2D eigenvalue weighted by Crippen LogP contribution is -2.23. The first-order chi connectivity index (χ1) is 17.4. The van der Waals surface area contributed by atoms with Crippen LogP contribution in [0.25, 0.3) is 10.8 Å². The lowest BCUT2D eigenvalue weighted by atomic mass is 9.78. The summed E-state index contributed by atoms with van der Waals surface area (Å²) in [6.45, 7) is 12.5. The number of hydrogen-bond acceptors (Lipinski definition) is 4. The predicted octanol–water partition coefficient (Wildman–Crippen LogP) is 7.55. The molecule has 0 saturated carbocycles. The number of nitrogens with one attached hydrogen (secondary N) is 1. The zero-order valence-electron chi connectivity index (χ0n) is 22.4. The maximum absolute atomic E-state index is 11.2. The second kappa shape index (κ2) is 10.1. The summed E-state index contributed by atoms with van der Waals surface area (Å²) in [7, 11) is 0. The Hall–Kier alpha value is -4.12. The van der Waals surface area contributed by atoms with Gasteiger partial charge in [0.15, 0.2) is 5.84 Å². The summed E-state index contributed by atoms with van der Waals surface area (Å²) >= 11 is 0. The van der Waals surface area contributed by atoms with Crippen LogP contribution in [0.1, 0.15) is 63.8 Å². The Kier molecular flexibility index (Phi) is 7.08. The fourth-order valence-electron chi connectivity index (χ4n) is 4.28. The highest BCUT2D eigenvalue weighted by atomic mass is 16.3. The molecule has 3 N–H and O–H groups in total. The van der Waals surface area contributed by atoms with Gasteiger partial charge in [0, 0.05) is 22.3 Å². The number of rotatable bonds is 4. The van der Waals surface area contributed by atoms with Gasteiger partial charge in [0.05, 0.1) is 11.9 Å². The molecule has 0 aromatic heterocycles. The summed E-state index contributed by atoms with van der Waals surface area (Å²) in [5.41, 5.74) is 6.46. The zero-order chi connectivity index (χ0) is 26.8. The van der Waals surface area contributed by atoms with Crippen LogP contribution in [-0.4, -0.2) is 22.3 Å². The molecule has 190 valence electrons. The van der Waals surface area contributed by atoms with Gasteiger partial charge in [-0.1, -0.05) is 90.1 Å². The maximum Gasteiger partial charge on any atom is 0.154 e. The molecule has 0 aliphatic heterocycles. The van der Waals surface area contributed by atoms with E-state index in [1.165, 1.54) is 0 Å². The Labute approximate surface area is 219 Å². The van der Waals surface area contributed by atoms with Gasteiger partial charge in [-0.25, -0.2) is 4.99 Å². The van der Waals surface area contributed by atoms with Gasteiger partial charge in [-0.3, -0.25) is 5.43 Å². The van der Waals surface area contributed by atoms with Crippen molar-refractivity contribution in [1.82, 2.24) is 5.43 Å². The van der Waals surface area contributed by atoms with Gasteiger partial charge >= 0.3 is 0 Å². The van der Waals surface area contributed by atoms with Gasteiger partial charge in [0.1, 0.15) is 11.5 Å². The fourth-order valence-corrected chi connectivity index (χ4v) is 4.28. The van der Waals surface area contributed by atoms with E-state index in [1.807, 2.05) is 72.8 Å². The van der Waals surface area contributed by atoms with Crippen LogP contribution in [0.2, 0.25) is 0 Å². The van der Waals surface area contributed by atoms with Crippen LogP contribution in [0, 0.1) is 0 Å². The van der Waals surface area contributed by atoms with Crippen LogP contribution in [0.5, 0.6) is 11.5 Å². The van der Waals surface area contributed by atoms with Crippen molar-refractivity contribution in [1.29, 1.82) is 0 Å². The standard InChI is InChI=1S/C32H35N3O2/c1-31(2,3)26-18-22(19-27(29(26)37)32(4,5)6)30(34-23-13-8-7-9-14-23)35-33-20-25-24-15-11-10-12-21(24)16-17-28(25)36/h7-20,36-37H,1-6H3,(H,34,35). The molecule has 0 saturated heterocycles. The predicted molar refractivity (Wildman–Crippen MR) is 154 cm³/mol. The molecule has 5 nitrogen and oxygen atoms in total. The van der Waals surface area contributed by atoms with Crippen molar-refractivity contribution in [2.24, 2.45) is 10.1 Å². The van der Waals surface area contributed by atoms with Crippen LogP contribution >= 0.6 is 0 Å². The number of nitrogens with zero attached hydrogens (tertiary/aromatic N) is 2. The molecule has 4 aromatic rings. The summed E-state index contributed by atoms with van der Waals surface area (Å²) in [6, 6.07) is 25.1. The van der Waals surface area contributed by atoms with Gasteiger partial charge in [0.25, 0.3) is 0 Å². The van der Waals surface area contributed by atoms with Crippen molar-refractivity contribution in [2.45, 2.75) is 52.4 Å². The van der Waals surface area contributed by atoms with E-state index < -0.39 is 0 Å². The van der Waals surface area contributed by atoms with Crippen LogP contribution in [0.3, 0.4) is 0 Å². The van der Waals surface area contributed by atoms with E-state index in [0.717, 1.165) is 33.2 Å². The van der Waals surface area contributed by atoms with Crippen molar-refractivity contribution >= 4 is 28.5 Å². The summed E-state index contributed by atoms with van der Waals surface area (Å²) in [5.74, 6) is 1.01. The van der Waals surface area contributed by atoms with Crippen molar-refractivity contribution in [3.05, 3.63) is 101 Å². The maximum atomic E-state index is 11.2. The number of benzene rings is 4. The van der Waals surface area contributed by atoms with Crippen LogP contribution in [-0.2, 0) is 10.8 Å². The molecular formula is C32H35N3O2. The Morgan fingerprint density at radius 3 is 1.97 bits per heavy atom. The smallest absolute Gasteiger partial charge is 0.154 e. The number of aliphatic imine (C=N–C) groups is 1. The number of hydrogen-bond donors (Lipinski definition) is 3. The first-order valence-electron chi connectivity index (χ1n) is 12.5. The van der Waals surface area contributed by atoms with E-state index >= 15 is 0 Å². The largest absolute Gasteiger partial charge is 0.507 e. The van der Waals surface area contributed by atoms with Crippen LogP contribution < -0.4 is 5.43 Å². The minimum absolute atomic E-state index is 0.153. The first kappa shape index (κ1) is 26.0. The summed E-state index contributed by atoms with van der Waals surface area (Å²) in [4.78, 5) is 4.87. The summed E-state index contributed by atoms with van der Waals surface area (Å²) in [6.07, 6.45) is 1.62. The normalized spacial score (nSPS) is 12.9. The molecule has 0 fully saturated rings.